The molecule has 0 N–H and O–H groups in total. The third-order valence-electron chi connectivity index (χ3n) is 9.32. The van der Waals surface area contributed by atoms with Gasteiger partial charge in [-0.2, -0.15) is 0 Å². The molecule has 4 nitrogen and oxygen atoms in total. The van der Waals surface area contributed by atoms with Gasteiger partial charge in [-0.1, -0.05) is 24.3 Å². The highest BCUT2D eigenvalue weighted by Gasteiger charge is 2.69. The summed E-state index contributed by atoms with van der Waals surface area (Å²) in [5.41, 5.74) is 4.44. The minimum Gasteiger partial charge on any atom is -0.456 e. The first-order valence-corrected chi connectivity index (χ1v) is 13.1. The number of hydrogen-bond acceptors (Lipinski definition) is 2. The number of benzene rings is 5. The van der Waals surface area contributed by atoms with Crippen LogP contribution in [-0.4, -0.2) is 4.98 Å². The van der Waals surface area contributed by atoms with Gasteiger partial charge < -0.3 is 4.74 Å². The van der Waals surface area contributed by atoms with Crippen LogP contribution in [0.3, 0.4) is 0 Å². The van der Waals surface area contributed by atoms with E-state index in [1.807, 2.05) is 12.4 Å². The molecule has 0 amide bonds. The van der Waals surface area contributed by atoms with Crippen LogP contribution in [0.2, 0.25) is 0 Å². The number of nitrogens with zero attached hydrogens (tertiary/aromatic N) is 3. The van der Waals surface area contributed by atoms with E-state index in [9.17, 15) is 0 Å². The summed E-state index contributed by atoms with van der Waals surface area (Å²) >= 11 is 0. The lowest BCUT2D eigenvalue weighted by Crippen LogP contribution is -2.72. The first kappa shape index (κ1) is 18.2. The molecule has 8 aromatic rings. The SMILES string of the molecule is c1ccc2c(c1)c1ccc3c4c1c1c2ccc[n+]1C41c2c(ccc4c5ccncc5c5ccc[n+]1c5c24)O3. The van der Waals surface area contributed by atoms with E-state index in [0.29, 0.717) is 0 Å². The molecule has 4 heteroatoms. The molecule has 3 aliphatic rings. The summed E-state index contributed by atoms with van der Waals surface area (Å²) in [6.45, 7) is 0. The second-order valence-corrected chi connectivity index (χ2v) is 10.7. The molecule has 172 valence electrons. The normalized spacial score (nSPS) is 17.8. The number of fused-ring (bicyclic) bond motifs is 6. The Labute approximate surface area is 215 Å². The Morgan fingerprint density at radius 3 is 1.74 bits per heavy atom. The fourth-order valence-electron chi connectivity index (χ4n) is 8.11. The van der Waals surface area contributed by atoms with Crippen molar-refractivity contribution in [2.75, 3.05) is 0 Å². The van der Waals surface area contributed by atoms with Crippen LogP contribution in [0.1, 0.15) is 11.1 Å². The van der Waals surface area contributed by atoms with Gasteiger partial charge >= 0.3 is 5.66 Å². The Hall–Kier alpha value is -5.09. The molecule has 0 radical (unpaired) electrons. The average molecular weight is 484 g/mol. The molecule has 1 unspecified atom stereocenters. The molecule has 1 spiro atoms. The van der Waals surface area contributed by atoms with Crippen molar-refractivity contribution < 1.29 is 13.9 Å². The fourth-order valence-corrected chi connectivity index (χ4v) is 8.11. The molecule has 38 heavy (non-hydrogen) atoms. The number of aromatic nitrogens is 3. The maximum absolute atomic E-state index is 6.79. The van der Waals surface area contributed by atoms with Crippen LogP contribution < -0.4 is 13.9 Å². The summed E-state index contributed by atoms with van der Waals surface area (Å²) in [7, 11) is 0. The van der Waals surface area contributed by atoms with Crippen molar-refractivity contribution in [2.24, 2.45) is 0 Å². The van der Waals surface area contributed by atoms with Gasteiger partial charge in [-0.3, -0.25) is 4.98 Å². The van der Waals surface area contributed by atoms with Crippen molar-refractivity contribution >= 4 is 64.9 Å². The zero-order valence-electron chi connectivity index (χ0n) is 20.1. The van der Waals surface area contributed by atoms with Gasteiger partial charge in [-0.05, 0) is 69.4 Å². The summed E-state index contributed by atoms with van der Waals surface area (Å²) in [4.78, 5) is 4.52. The summed E-state index contributed by atoms with van der Waals surface area (Å²) in [5, 5.41) is 12.6. The van der Waals surface area contributed by atoms with Crippen molar-refractivity contribution in [2.45, 2.75) is 5.66 Å². The summed E-state index contributed by atoms with van der Waals surface area (Å²) in [6, 6.07) is 28.7. The zero-order chi connectivity index (χ0) is 24.3. The van der Waals surface area contributed by atoms with Crippen molar-refractivity contribution in [1.29, 1.82) is 0 Å². The van der Waals surface area contributed by atoms with E-state index in [-0.39, 0.29) is 0 Å². The number of ether oxygens (including phenoxy) is 1. The molecule has 1 atom stereocenters. The first-order valence-electron chi connectivity index (χ1n) is 13.1. The molecule has 0 bridgehead atoms. The number of hydrogen-bond donors (Lipinski definition) is 0. The lowest BCUT2D eigenvalue weighted by molar-refractivity contribution is -0.945. The first-order chi connectivity index (χ1) is 18.9. The van der Waals surface area contributed by atoms with Crippen LogP contribution in [0.4, 0.5) is 0 Å². The topological polar surface area (TPSA) is 29.9 Å². The Morgan fingerprint density at radius 2 is 1.08 bits per heavy atom. The fraction of sp³-hybridized carbons (Fsp3) is 0.0294. The van der Waals surface area contributed by atoms with Gasteiger partial charge in [0.1, 0.15) is 11.5 Å². The third kappa shape index (κ3) is 1.61. The van der Waals surface area contributed by atoms with E-state index in [4.69, 9.17) is 4.74 Å². The van der Waals surface area contributed by atoms with E-state index >= 15 is 0 Å². The van der Waals surface area contributed by atoms with Crippen molar-refractivity contribution in [3.05, 3.63) is 115 Å². The van der Waals surface area contributed by atoms with Crippen molar-refractivity contribution in [3.8, 4) is 11.5 Å². The Morgan fingerprint density at radius 1 is 0.526 bits per heavy atom. The Bertz CT molecular complexity index is 2320. The van der Waals surface area contributed by atoms with Crippen LogP contribution in [0.15, 0.2) is 104 Å². The van der Waals surface area contributed by atoms with E-state index in [1.54, 1.807) is 0 Å². The summed E-state index contributed by atoms with van der Waals surface area (Å²) in [6.07, 6.45) is 8.45. The standard InChI is InChI=1S/C34H17N3O/c1-2-6-19-18(5-1)21-9-11-26-30-28(21)32-23(19)7-3-15-36(32)34(30)31-27(38-26)12-10-22-20-13-14-35-17-25(20)24-8-4-16-37(34)33(24)29(22)31/h1-17H/q+2. The molecule has 5 aromatic carbocycles. The maximum atomic E-state index is 6.79. The quantitative estimate of drug-likeness (QED) is 0.180. The lowest BCUT2D eigenvalue weighted by Gasteiger charge is -2.26. The summed E-state index contributed by atoms with van der Waals surface area (Å²) in [5.74, 6) is 1.87. The van der Waals surface area contributed by atoms with Crippen LogP contribution in [0.25, 0.3) is 64.9 Å². The lowest BCUT2D eigenvalue weighted by atomic mass is 9.84. The summed E-state index contributed by atoms with van der Waals surface area (Å²) < 4.78 is 11.8. The smallest absolute Gasteiger partial charge is 0.425 e. The minimum absolute atomic E-state index is 0.562. The maximum Gasteiger partial charge on any atom is 0.425 e. The van der Waals surface area contributed by atoms with Gasteiger partial charge in [0.25, 0.3) is 0 Å². The van der Waals surface area contributed by atoms with Crippen LogP contribution >= 0.6 is 0 Å². The highest BCUT2D eigenvalue weighted by molar-refractivity contribution is 6.28. The van der Waals surface area contributed by atoms with Gasteiger partial charge in [0.2, 0.25) is 11.0 Å². The van der Waals surface area contributed by atoms with Gasteiger partial charge in [0, 0.05) is 29.9 Å². The van der Waals surface area contributed by atoms with Crippen LogP contribution in [0.5, 0.6) is 11.5 Å². The second kappa shape index (κ2) is 5.58. The molecule has 0 saturated heterocycles. The highest BCUT2D eigenvalue weighted by Crippen LogP contribution is 2.58. The largest absolute Gasteiger partial charge is 0.456 e. The van der Waals surface area contributed by atoms with Crippen LogP contribution in [-0.2, 0) is 5.66 Å². The molecular weight excluding hydrogens is 466 g/mol. The van der Waals surface area contributed by atoms with Crippen molar-refractivity contribution in [3.63, 3.8) is 0 Å². The minimum atomic E-state index is -0.562. The third-order valence-corrected chi connectivity index (χ3v) is 9.32. The highest BCUT2D eigenvalue weighted by atomic mass is 16.5. The molecular formula is C34H17N3O+2. The van der Waals surface area contributed by atoms with Gasteiger partial charge in [0.15, 0.2) is 23.5 Å². The monoisotopic (exact) mass is 483 g/mol. The molecule has 11 rings (SSSR count). The van der Waals surface area contributed by atoms with Crippen LogP contribution in [0, 0.1) is 0 Å². The molecule has 3 aromatic heterocycles. The Balaban J connectivity index is 1.51. The number of rotatable bonds is 0. The predicted octanol–water partition coefficient (Wildman–Crippen LogP) is 6.61. The molecule has 6 heterocycles. The van der Waals surface area contributed by atoms with Crippen molar-refractivity contribution in [1.82, 2.24) is 4.98 Å². The molecule has 0 fully saturated rings. The average Bonchev–Trinajstić information content (AvgIpc) is 3.47. The van der Waals surface area contributed by atoms with E-state index in [0.717, 1.165) is 11.5 Å². The van der Waals surface area contributed by atoms with E-state index in [1.165, 1.54) is 76.0 Å². The molecule has 0 aliphatic carbocycles. The van der Waals surface area contributed by atoms with Gasteiger partial charge in [-0.15, -0.1) is 9.13 Å². The van der Waals surface area contributed by atoms with E-state index in [2.05, 4.69) is 105 Å². The second-order valence-electron chi connectivity index (χ2n) is 10.7. The molecule has 3 aliphatic heterocycles. The zero-order valence-corrected chi connectivity index (χ0v) is 20.1. The predicted molar refractivity (Wildman–Crippen MR) is 148 cm³/mol. The number of pyridine rings is 3. The Kier molecular flexibility index (Phi) is 2.67. The van der Waals surface area contributed by atoms with Gasteiger partial charge in [0.05, 0.1) is 21.5 Å². The van der Waals surface area contributed by atoms with E-state index < -0.39 is 5.66 Å². The van der Waals surface area contributed by atoms with Gasteiger partial charge in [-0.25, -0.2) is 0 Å². The molecule has 0 saturated carbocycles.